The highest BCUT2D eigenvalue weighted by atomic mass is 16.5. The van der Waals surface area contributed by atoms with Crippen molar-refractivity contribution in [2.24, 2.45) is 0 Å². The highest BCUT2D eigenvalue weighted by Gasteiger charge is 2.24. The van der Waals surface area contributed by atoms with Gasteiger partial charge in [-0.1, -0.05) is 0 Å². The Labute approximate surface area is 192 Å². The summed E-state index contributed by atoms with van der Waals surface area (Å²) in [5.74, 6) is 0.888. The van der Waals surface area contributed by atoms with Crippen LogP contribution in [0.5, 0.6) is 5.75 Å². The fraction of sp³-hybridized carbons (Fsp3) is 0.296. The lowest BCUT2D eigenvalue weighted by atomic mass is 9.85. The van der Waals surface area contributed by atoms with Crippen LogP contribution in [0.15, 0.2) is 30.5 Å². The molecular weight excluding hydrogens is 410 g/mol. The molecule has 2 aromatic carbocycles. The second-order valence-corrected chi connectivity index (χ2v) is 9.11. The number of nitrogens with zero attached hydrogens (tertiary/aromatic N) is 3. The van der Waals surface area contributed by atoms with Crippen LogP contribution in [-0.4, -0.2) is 32.5 Å². The average Bonchev–Trinajstić information content (AvgIpc) is 3.46. The van der Waals surface area contributed by atoms with Gasteiger partial charge in [0.25, 0.3) is 0 Å². The molecule has 0 aliphatic heterocycles. The number of aromatic amines is 2. The van der Waals surface area contributed by atoms with E-state index in [-0.39, 0.29) is 0 Å². The molecule has 0 unspecified atom stereocenters. The van der Waals surface area contributed by atoms with E-state index in [0.717, 1.165) is 68.8 Å². The molecule has 6 rings (SSSR count). The molecule has 166 valence electrons. The molecule has 6 nitrogen and oxygen atoms in total. The number of pyridine rings is 1. The number of H-pyrrole nitrogens is 2. The fourth-order valence-corrected chi connectivity index (χ4v) is 5.33. The molecule has 6 heteroatoms. The van der Waals surface area contributed by atoms with Crippen LogP contribution in [0.25, 0.3) is 44.3 Å². The van der Waals surface area contributed by atoms with Crippen molar-refractivity contribution in [2.75, 3.05) is 7.11 Å². The zero-order valence-corrected chi connectivity index (χ0v) is 19.5. The summed E-state index contributed by atoms with van der Waals surface area (Å²) in [6, 6.07) is 8.52. The van der Waals surface area contributed by atoms with Gasteiger partial charge in [0.1, 0.15) is 11.4 Å². The zero-order valence-electron chi connectivity index (χ0n) is 19.5. The minimum Gasteiger partial charge on any atom is -0.496 e. The first-order chi connectivity index (χ1) is 16.1. The molecule has 33 heavy (non-hydrogen) atoms. The largest absolute Gasteiger partial charge is 0.496 e. The van der Waals surface area contributed by atoms with Crippen LogP contribution < -0.4 is 4.74 Å². The Bertz CT molecular complexity index is 1540. The fourth-order valence-electron chi connectivity index (χ4n) is 5.33. The monoisotopic (exact) mass is 437 g/mol. The van der Waals surface area contributed by atoms with Gasteiger partial charge in [-0.3, -0.25) is 10.2 Å². The minimum absolute atomic E-state index is 0.888. The van der Waals surface area contributed by atoms with Crippen molar-refractivity contribution in [3.63, 3.8) is 0 Å². The van der Waals surface area contributed by atoms with E-state index in [1.54, 1.807) is 7.11 Å². The highest BCUT2D eigenvalue weighted by Crippen LogP contribution is 2.41. The number of rotatable bonds is 3. The summed E-state index contributed by atoms with van der Waals surface area (Å²) >= 11 is 0. The third-order valence-electron chi connectivity index (χ3n) is 7.19. The third-order valence-corrected chi connectivity index (χ3v) is 7.19. The van der Waals surface area contributed by atoms with Gasteiger partial charge in [-0.2, -0.15) is 10.2 Å². The third kappa shape index (κ3) is 2.97. The molecule has 0 saturated carbocycles. The molecule has 0 fully saturated rings. The van der Waals surface area contributed by atoms with Gasteiger partial charge in [0.15, 0.2) is 0 Å². The molecular formula is C27H27N5O. The molecule has 0 amide bonds. The number of hydrogen-bond donors (Lipinski definition) is 2. The number of aryl methyl sites for hydroxylation is 3. The van der Waals surface area contributed by atoms with Crippen LogP contribution in [0.1, 0.15) is 40.8 Å². The van der Waals surface area contributed by atoms with Crippen LogP contribution in [0.3, 0.4) is 0 Å². The van der Waals surface area contributed by atoms with Crippen LogP contribution in [-0.2, 0) is 12.8 Å². The lowest BCUT2D eigenvalue weighted by Crippen LogP contribution is -2.08. The lowest BCUT2D eigenvalue weighted by molar-refractivity contribution is 0.411. The summed E-state index contributed by atoms with van der Waals surface area (Å²) in [5.41, 5.74) is 12.4. The molecule has 0 atom stereocenters. The Morgan fingerprint density at radius 1 is 0.909 bits per heavy atom. The summed E-state index contributed by atoms with van der Waals surface area (Å²) in [6.07, 6.45) is 6.38. The summed E-state index contributed by atoms with van der Waals surface area (Å²) in [4.78, 5) is 5.20. The van der Waals surface area contributed by atoms with E-state index in [1.807, 2.05) is 6.20 Å². The van der Waals surface area contributed by atoms with Crippen molar-refractivity contribution in [1.29, 1.82) is 0 Å². The van der Waals surface area contributed by atoms with E-state index >= 15 is 0 Å². The maximum absolute atomic E-state index is 5.66. The maximum Gasteiger partial charge on any atom is 0.122 e. The first-order valence-corrected chi connectivity index (χ1v) is 11.5. The maximum atomic E-state index is 5.66. The van der Waals surface area contributed by atoms with Crippen LogP contribution in [0, 0.1) is 20.8 Å². The predicted octanol–water partition coefficient (Wildman–Crippen LogP) is 5.98. The van der Waals surface area contributed by atoms with E-state index in [0.29, 0.717) is 0 Å². The molecule has 0 spiro atoms. The van der Waals surface area contributed by atoms with Gasteiger partial charge in [-0.05, 0) is 93.0 Å². The average molecular weight is 438 g/mol. The number of nitrogens with one attached hydrogen (secondary N) is 2. The molecule has 1 aliphatic rings. The number of hydrogen-bond acceptors (Lipinski definition) is 4. The van der Waals surface area contributed by atoms with Gasteiger partial charge in [0.05, 0.1) is 30.0 Å². The van der Waals surface area contributed by atoms with Crippen molar-refractivity contribution < 1.29 is 4.74 Å². The minimum atomic E-state index is 0.888. The van der Waals surface area contributed by atoms with Crippen molar-refractivity contribution in [2.45, 2.75) is 46.5 Å². The number of ether oxygens (including phenoxy) is 1. The Morgan fingerprint density at radius 2 is 1.73 bits per heavy atom. The van der Waals surface area contributed by atoms with Crippen molar-refractivity contribution in [3.05, 3.63) is 58.4 Å². The standard InChI is InChI=1S/C27H27N5O/c1-14-11-17(12-23(33-4)15(14)2)26-25-22(31-32-26)10-9-21-24(25)18-7-5-6-8-19(18)27(29-21)20-13-28-30-16(20)3/h9-13H,5-8H2,1-4H3,(H,28,30)(H,31,32). The Hall–Kier alpha value is -3.67. The molecule has 5 aromatic rings. The zero-order chi connectivity index (χ0) is 22.7. The second kappa shape index (κ2) is 7.44. The Morgan fingerprint density at radius 3 is 2.48 bits per heavy atom. The topological polar surface area (TPSA) is 79.5 Å². The second-order valence-electron chi connectivity index (χ2n) is 9.11. The van der Waals surface area contributed by atoms with E-state index in [9.17, 15) is 0 Å². The molecule has 0 bridgehead atoms. The molecule has 0 saturated heterocycles. The quantitative estimate of drug-likeness (QED) is 0.364. The number of benzene rings is 2. The first-order valence-electron chi connectivity index (χ1n) is 11.5. The van der Waals surface area contributed by atoms with Crippen LogP contribution in [0.2, 0.25) is 0 Å². The van der Waals surface area contributed by atoms with Crippen LogP contribution >= 0.6 is 0 Å². The van der Waals surface area contributed by atoms with E-state index in [4.69, 9.17) is 14.8 Å². The number of aromatic nitrogens is 5. The SMILES string of the molecule is COc1cc(-c2n[nH]c3ccc4nc(-c5cn[nH]c5C)c5c(c4c23)CCCC5)cc(C)c1C. The molecule has 3 heterocycles. The Kier molecular flexibility index (Phi) is 4.50. The Balaban J connectivity index is 1.70. The lowest BCUT2D eigenvalue weighted by Gasteiger charge is -2.22. The van der Waals surface area contributed by atoms with E-state index < -0.39 is 0 Å². The van der Waals surface area contributed by atoms with Crippen molar-refractivity contribution in [3.8, 4) is 28.3 Å². The van der Waals surface area contributed by atoms with E-state index in [1.165, 1.54) is 34.9 Å². The van der Waals surface area contributed by atoms with Gasteiger partial charge in [-0.15, -0.1) is 0 Å². The normalized spacial score (nSPS) is 13.6. The molecule has 0 radical (unpaired) electrons. The summed E-state index contributed by atoms with van der Waals surface area (Å²) in [6.45, 7) is 6.28. The van der Waals surface area contributed by atoms with Gasteiger partial charge in [0.2, 0.25) is 0 Å². The predicted molar refractivity (Wildman–Crippen MR) is 132 cm³/mol. The smallest absolute Gasteiger partial charge is 0.122 e. The summed E-state index contributed by atoms with van der Waals surface area (Å²) in [7, 11) is 1.73. The first kappa shape index (κ1) is 20.0. The van der Waals surface area contributed by atoms with E-state index in [2.05, 4.69) is 60.3 Å². The molecule has 2 N–H and O–H groups in total. The van der Waals surface area contributed by atoms with Gasteiger partial charge in [-0.25, -0.2) is 4.98 Å². The van der Waals surface area contributed by atoms with Gasteiger partial charge < -0.3 is 4.74 Å². The van der Waals surface area contributed by atoms with Gasteiger partial charge in [0, 0.05) is 27.6 Å². The molecule has 3 aromatic heterocycles. The van der Waals surface area contributed by atoms with Crippen molar-refractivity contribution in [1.82, 2.24) is 25.4 Å². The highest BCUT2D eigenvalue weighted by molar-refractivity contribution is 6.14. The molecule has 1 aliphatic carbocycles. The van der Waals surface area contributed by atoms with Crippen LogP contribution in [0.4, 0.5) is 0 Å². The van der Waals surface area contributed by atoms with Crippen molar-refractivity contribution >= 4 is 21.8 Å². The van der Waals surface area contributed by atoms with Gasteiger partial charge >= 0.3 is 0 Å². The number of methoxy groups -OCH3 is 1. The summed E-state index contributed by atoms with van der Waals surface area (Å²) < 4.78 is 5.66. The summed E-state index contributed by atoms with van der Waals surface area (Å²) in [5, 5.41) is 17.8. The number of fused-ring (bicyclic) bond motifs is 5.